The number of para-hydroxylation sites is 2. The number of hydrogen-bond donors (Lipinski definition) is 0. The first-order valence-electron chi connectivity index (χ1n) is 9.64. The number of rotatable bonds is 7. The number of hydrogen-bond acceptors (Lipinski definition) is 7. The molecule has 4 aromatic rings. The fourth-order valence-corrected chi connectivity index (χ4v) is 5.15. The van der Waals surface area contributed by atoms with E-state index in [0.717, 1.165) is 16.4 Å². The lowest BCUT2D eigenvalue weighted by Crippen LogP contribution is -2.23. The van der Waals surface area contributed by atoms with Crippen molar-refractivity contribution in [2.45, 2.75) is 17.8 Å². The van der Waals surface area contributed by atoms with E-state index in [2.05, 4.69) is 15.2 Å². The van der Waals surface area contributed by atoms with Crippen LogP contribution in [0.25, 0.3) is 11.4 Å². The third kappa shape index (κ3) is 4.50. The molecule has 0 aliphatic rings. The third-order valence-corrected chi connectivity index (χ3v) is 6.93. The molecule has 32 heavy (non-hydrogen) atoms. The monoisotopic (exact) mass is 485 g/mol. The maximum Gasteiger partial charge on any atom is 0.230 e. The lowest BCUT2D eigenvalue weighted by atomic mass is 10.2. The van der Waals surface area contributed by atoms with E-state index in [1.165, 1.54) is 30.0 Å². The Labute approximate surface area is 199 Å². The molecule has 0 unspecified atom stereocenters. The van der Waals surface area contributed by atoms with E-state index >= 15 is 0 Å². The molecule has 0 saturated carbocycles. The SMILES string of the molecule is COc1ccccc1N(C(C)=O)c1nc(CSc2nnc(-c3ccccc3Cl)n2C)cs1. The quantitative estimate of drug-likeness (QED) is 0.318. The van der Waals surface area contributed by atoms with Gasteiger partial charge in [0.1, 0.15) is 5.75 Å². The lowest BCUT2D eigenvalue weighted by Gasteiger charge is -2.20. The van der Waals surface area contributed by atoms with Gasteiger partial charge in [0.25, 0.3) is 0 Å². The molecule has 2 heterocycles. The molecular formula is C22H20ClN5O2S2. The third-order valence-electron chi connectivity index (χ3n) is 4.67. The fraction of sp³-hybridized carbons (Fsp3) is 0.182. The van der Waals surface area contributed by atoms with E-state index in [1.54, 1.807) is 12.0 Å². The minimum absolute atomic E-state index is 0.138. The van der Waals surface area contributed by atoms with Crippen molar-refractivity contribution < 1.29 is 9.53 Å². The number of amides is 1. The van der Waals surface area contributed by atoms with Crippen LogP contribution in [0.3, 0.4) is 0 Å². The molecule has 0 N–H and O–H groups in total. The van der Waals surface area contributed by atoms with Crippen molar-refractivity contribution in [3.05, 3.63) is 64.6 Å². The van der Waals surface area contributed by atoms with Gasteiger partial charge in [0, 0.05) is 30.7 Å². The molecule has 2 aromatic carbocycles. The normalized spacial score (nSPS) is 10.9. The second-order valence-corrected chi connectivity index (χ2v) is 8.97. The second kappa shape index (κ2) is 9.72. The average molecular weight is 486 g/mol. The standard InChI is InChI=1S/C22H20ClN5O2S2/c1-14(29)28(18-10-6-7-11-19(18)30-3)21-24-15(12-31-21)13-32-22-26-25-20(27(22)2)16-8-4-5-9-17(16)23/h4-12H,13H2,1-3H3. The minimum atomic E-state index is -0.138. The Morgan fingerprint density at radius 1 is 1.19 bits per heavy atom. The van der Waals surface area contributed by atoms with Crippen LogP contribution in [-0.4, -0.2) is 32.8 Å². The largest absolute Gasteiger partial charge is 0.495 e. The van der Waals surface area contributed by atoms with Gasteiger partial charge >= 0.3 is 0 Å². The van der Waals surface area contributed by atoms with Crippen LogP contribution >= 0.6 is 34.7 Å². The molecule has 7 nitrogen and oxygen atoms in total. The Balaban J connectivity index is 1.53. The highest BCUT2D eigenvalue weighted by atomic mass is 35.5. The van der Waals surface area contributed by atoms with Crippen molar-refractivity contribution in [3.8, 4) is 17.1 Å². The zero-order valence-corrected chi connectivity index (χ0v) is 20.0. The van der Waals surface area contributed by atoms with Gasteiger partial charge in [-0.25, -0.2) is 4.98 Å². The van der Waals surface area contributed by atoms with E-state index in [1.807, 2.05) is 65.5 Å². The number of ether oxygens (including phenoxy) is 1. The molecule has 10 heteroatoms. The zero-order chi connectivity index (χ0) is 22.7. The molecule has 0 bridgehead atoms. The van der Waals surface area contributed by atoms with Gasteiger partial charge in [-0.1, -0.05) is 47.6 Å². The number of benzene rings is 2. The maximum absolute atomic E-state index is 12.4. The number of nitrogens with zero attached hydrogens (tertiary/aromatic N) is 5. The van der Waals surface area contributed by atoms with E-state index in [0.29, 0.717) is 33.2 Å². The van der Waals surface area contributed by atoms with Crippen LogP contribution in [-0.2, 0) is 17.6 Å². The topological polar surface area (TPSA) is 73.1 Å². The van der Waals surface area contributed by atoms with Gasteiger partial charge in [0.2, 0.25) is 5.91 Å². The van der Waals surface area contributed by atoms with Crippen LogP contribution in [0.1, 0.15) is 12.6 Å². The van der Waals surface area contributed by atoms with Gasteiger partial charge < -0.3 is 9.30 Å². The highest BCUT2D eigenvalue weighted by molar-refractivity contribution is 7.98. The van der Waals surface area contributed by atoms with Crippen molar-refractivity contribution in [1.82, 2.24) is 19.7 Å². The molecule has 0 spiro atoms. The number of thioether (sulfide) groups is 1. The molecule has 0 aliphatic heterocycles. The van der Waals surface area contributed by atoms with Crippen LogP contribution in [0.4, 0.5) is 10.8 Å². The smallest absolute Gasteiger partial charge is 0.230 e. The molecule has 2 aromatic heterocycles. The van der Waals surface area contributed by atoms with Gasteiger partial charge in [-0.05, 0) is 24.3 Å². The summed E-state index contributed by atoms with van der Waals surface area (Å²) in [4.78, 5) is 18.7. The summed E-state index contributed by atoms with van der Waals surface area (Å²) in [5, 5.41) is 12.5. The summed E-state index contributed by atoms with van der Waals surface area (Å²) >= 11 is 9.23. The van der Waals surface area contributed by atoms with Gasteiger partial charge in [-0.15, -0.1) is 21.5 Å². The Morgan fingerprint density at radius 2 is 1.94 bits per heavy atom. The molecule has 164 valence electrons. The van der Waals surface area contributed by atoms with E-state index < -0.39 is 0 Å². The molecule has 0 saturated heterocycles. The lowest BCUT2D eigenvalue weighted by molar-refractivity contribution is -0.115. The molecule has 4 rings (SSSR count). The summed E-state index contributed by atoms with van der Waals surface area (Å²) in [7, 11) is 3.49. The van der Waals surface area contributed by atoms with Gasteiger partial charge in [-0.2, -0.15) is 0 Å². The Kier molecular flexibility index (Phi) is 6.78. The van der Waals surface area contributed by atoms with Crippen molar-refractivity contribution >= 4 is 51.4 Å². The molecular weight excluding hydrogens is 466 g/mol. The average Bonchev–Trinajstić information content (AvgIpc) is 3.39. The number of carbonyl (C=O) groups excluding carboxylic acids is 1. The van der Waals surface area contributed by atoms with Crippen LogP contribution in [0.15, 0.2) is 59.1 Å². The Morgan fingerprint density at radius 3 is 2.69 bits per heavy atom. The summed E-state index contributed by atoms with van der Waals surface area (Å²) in [5.41, 5.74) is 2.34. The number of halogens is 1. The van der Waals surface area contributed by atoms with Crippen molar-refractivity contribution in [2.75, 3.05) is 12.0 Å². The molecule has 0 aliphatic carbocycles. The van der Waals surface area contributed by atoms with Crippen LogP contribution < -0.4 is 9.64 Å². The second-order valence-electron chi connectivity index (χ2n) is 6.78. The molecule has 0 radical (unpaired) electrons. The number of anilines is 2. The van der Waals surface area contributed by atoms with E-state index in [4.69, 9.17) is 16.3 Å². The summed E-state index contributed by atoms with van der Waals surface area (Å²) < 4.78 is 7.33. The predicted molar refractivity (Wildman–Crippen MR) is 129 cm³/mol. The van der Waals surface area contributed by atoms with Gasteiger partial charge in [0.15, 0.2) is 16.1 Å². The number of thiazole rings is 1. The van der Waals surface area contributed by atoms with Crippen LogP contribution in [0.5, 0.6) is 5.75 Å². The first-order valence-corrected chi connectivity index (χ1v) is 11.9. The minimum Gasteiger partial charge on any atom is -0.495 e. The van der Waals surface area contributed by atoms with Gasteiger partial charge in [0.05, 0.1) is 23.5 Å². The summed E-state index contributed by atoms with van der Waals surface area (Å²) in [6.45, 7) is 1.51. The first kappa shape index (κ1) is 22.3. The maximum atomic E-state index is 12.4. The number of aromatic nitrogens is 4. The van der Waals surface area contributed by atoms with Gasteiger partial charge in [-0.3, -0.25) is 9.69 Å². The highest BCUT2D eigenvalue weighted by Crippen LogP contribution is 2.36. The summed E-state index contributed by atoms with van der Waals surface area (Å²) in [5.74, 6) is 1.76. The Bertz CT molecular complexity index is 1260. The van der Waals surface area contributed by atoms with Crippen molar-refractivity contribution in [2.24, 2.45) is 7.05 Å². The Hall–Kier alpha value is -2.88. The summed E-state index contributed by atoms with van der Waals surface area (Å²) in [6.07, 6.45) is 0. The number of carbonyl (C=O) groups is 1. The van der Waals surface area contributed by atoms with E-state index in [-0.39, 0.29) is 5.91 Å². The van der Waals surface area contributed by atoms with E-state index in [9.17, 15) is 4.79 Å². The van der Waals surface area contributed by atoms with Crippen LogP contribution in [0.2, 0.25) is 5.02 Å². The molecule has 0 atom stereocenters. The molecule has 0 fully saturated rings. The summed E-state index contributed by atoms with van der Waals surface area (Å²) in [6, 6.07) is 14.9. The van der Waals surface area contributed by atoms with Crippen molar-refractivity contribution in [1.29, 1.82) is 0 Å². The fourth-order valence-electron chi connectivity index (χ4n) is 3.14. The zero-order valence-electron chi connectivity index (χ0n) is 17.7. The highest BCUT2D eigenvalue weighted by Gasteiger charge is 2.21. The predicted octanol–water partition coefficient (Wildman–Crippen LogP) is 5.58. The van der Waals surface area contributed by atoms with Crippen molar-refractivity contribution in [3.63, 3.8) is 0 Å². The number of methoxy groups -OCH3 is 1. The molecule has 1 amide bonds. The van der Waals surface area contributed by atoms with Crippen LogP contribution in [0, 0.1) is 0 Å². The first-order chi connectivity index (χ1) is 15.5.